The first-order valence-electron chi connectivity index (χ1n) is 6.93. The molecule has 0 aromatic heterocycles. The summed E-state index contributed by atoms with van der Waals surface area (Å²) >= 11 is 0. The molecule has 1 aliphatic carbocycles. The number of nitrogens with zero attached hydrogens (tertiary/aromatic N) is 1. The molecule has 0 bridgehead atoms. The third-order valence-electron chi connectivity index (χ3n) is 2.64. The lowest BCUT2D eigenvalue weighted by Crippen LogP contribution is -2.40. The summed E-state index contributed by atoms with van der Waals surface area (Å²) in [5.74, 6) is 1.68. The smallest absolute Gasteiger partial charge is 0.221 e. The molecule has 0 aromatic rings. The van der Waals surface area contributed by atoms with Crippen molar-refractivity contribution in [1.82, 2.24) is 16.0 Å². The average Bonchev–Trinajstić information content (AvgIpc) is 3.08. The van der Waals surface area contributed by atoms with E-state index in [1.807, 2.05) is 20.8 Å². The number of hydrogen-bond acceptors (Lipinski definition) is 2. The van der Waals surface area contributed by atoms with Gasteiger partial charge in [-0.15, -0.1) is 24.0 Å². The summed E-state index contributed by atoms with van der Waals surface area (Å²) in [4.78, 5) is 16.0. The lowest BCUT2D eigenvalue weighted by atomic mass is 10.3. The van der Waals surface area contributed by atoms with Crippen molar-refractivity contribution < 1.29 is 4.79 Å². The van der Waals surface area contributed by atoms with Crippen LogP contribution in [0.4, 0.5) is 0 Å². The highest BCUT2D eigenvalue weighted by Gasteiger charge is 2.20. The molecule has 1 fully saturated rings. The summed E-state index contributed by atoms with van der Waals surface area (Å²) in [7, 11) is 0. The van der Waals surface area contributed by atoms with Crippen LogP contribution in [0.5, 0.6) is 0 Å². The third kappa shape index (κ3) is 9.98. The van der Waals surface area contributed by atoms with Crippen molar-refractivity contribution in [3.8, 4) is 0 Å². The van der Waals surface area contributed by atoms with Crippen molar-refractivity contribution in [2.45, 2.75) is 46.1 Å². The maximum atomic E-state index is 11.5. The normalized spacial score (nSPS) is 14.8. The average molecular weight is 382 g/mol. The van der Waals surface area contributed by atoms with Gasteiger partial charge in [-0.25, -0.2) is 0 Å². The van der Waals surface area contributed by atoms with Crippen molar-refractivity contribution in [2.75, 3.05) is 19.6 Å². The maximum Gasteiger partial charge on any atom is 0.221 e. The first-order chi connectivity index (χ1) is 8.61. The molecule has 19 heavy (non-hydrogen) atoms. The van der Waals surface area contributed by atoms with Gasteiger partial charge in [0.05, 0.1) is 0 Å². The summed E-state index contributed by atoms with van der Waals surface area (Å²) in [5.41, 5.74) is 0. The summed E-state index contributed by atoms with van der Waals surface area (Å²) in [6, 6.07) is 0.203. The summed E-state index contributed by atoms with van der Waals surface area (Å²) in [6.07, 6.45) is 3.09. The molecule has 0 aliphatic heterocycles. The Bertz CT molecular complexity index is 290. The van der Waals surface area contributed by atoms with Crippen LogP contribution in [0.1, 0.15) is 40.0 Å². The molecule has 3 N–H and O–H groups in total. The van der Waals surface area contributed by atoms with Crippen molar-refractivity contribution in [2.24, 2.45) is 10.9 Å². The highest BCUT2D eigenvalue weighted by Crippen LogP contribution is 2.28. The van der Waals surface area contributed by atoms with E-state index < -0.39 is 0 Å². The predicted octanol–water partition coefficient (Wildman–Crippen LogP) is 1.48. The zero-order valence-electron chi connectivity index (χ0n) is 12.2. The van der Waals surface area contributed by atoms with Crippen LogP contribution >= 0.6 is 24.0 Å². The van der Waals surface area contributed by atoms with Gasteiger partial charge in [-0.05, 0) is 39.5 Å². The van der Waals surface area contributed by atoms with Crippen LogP contribution in [0.3, 0.4) is 0 Å². The number of guanidine groups is 1. The van der Waals surface area contributed by atoms with Gasteiger partial charge in [-0.2, -0.15) is 0 Å². The Morgan fingerprint density at radius 3 is 2.53 bits per heavy atom. The second-order valence-corrected chi connectivity index (χ2v) is 5.06. The summed E-state index contributed by atoms with van der Waals surface area (Å²) < 4.78 is 0. The molecule has 1 rings (SSSR count). The quantitative estimate of drug-likeness (QED) is 0.355. The molecule has 0 aromatic carbocycles. The van der Waals surface area contributed by atoms with Crippen LogP contribution in [0.25, 0.3) is 0 Å². The van der Waals surface area contributed by atoms with E-state index in [4.69, 9.17) is 0 Å². The van der Waals surface area contributed by atoms with Crippen LogP contribution in [0, 0.1) is 5.92 Å². The Hall–Kier alpha value is -0.530. The molecular formula is C13H27IN4O. The zero-order valence-corrected chi connectivity index (χ0v) is 14.5. The minimum atomic E-state index is 0. The fourth-order valence-electron chi connectivity index (χ4n) is 1.55. The molecule has 1 amide bonds. The topological polar surface area (TPSA) is 65.5 Å². The minimum absolute atomic E-state index is 0. The van der Waals surface area contributed by atoms with Gasteiger partial charge in [0.2, 0.25) is 5.91 Å². The van der Waals surface area contributed by atoms with Crippen molar-refractivity contribution in [3.05, 3.63) is 0 Å². The summed E-state index contributed by atoms with van der Waals surface area (Å²) in [5, 5.41) is 9.24. The molecule has 0 unspecified atom stereocenters. The van der Waals surface area contributed by atoms with Crippen LogP contribution in [0.15, 0.2) is 4.99 Å². The predicted molar refractivity (Wildman–Crippen MR) is 90.0 cm³/mol. The van der Waals surface area contributed by atoms with Crippen molar-refractivity contribution in [1.29, 1.82) is 0 Å². The van der Waals surface area contributed by atoms with Gasteiger partial charge < -0.3 is 16.0 Å². The number of rotatable bonds is 7. The number of halogens is 1. The Morgan fingerprint density at radius 2 is 2.00 bits per heavy atom. The number of hydrogen-bond donors (Lipinski definition) is 3. The highest BCUT2D eigenvalue weighted by atomic mass is 127. The van der Waals surface area contributed by atoms with Crippen LogP contribution < -0.4 is 16.0 Å². The fourth-order valence-corrected chi connectivity index (χ4v) is 1.55. The van der Waals surface area contributed by atoms with E-state index in [0.29, 0.717) is 13.0 Å². The first kappa shape index (κ1) is 18.5. The number of aliphatic imine (C=N–C) groups is 1. The van der Waals surface area contributed by atoms with Crippen LogP contribution in [-0.4, -0.2) is 37.5 Å². The molecule has 0 spiro atoms. The standard InChI is InChI=1S/C13H26N4O.HI/c1-4-14-13(16-9-11-5-6-11)15-8-7-12(18)17-10(2)3;/h10-11H,4-9H2,1-3H3,(H,17,18)(H2,14,15,16);1H. The Morgan fingerprint density at radius 1 is 1.32 bits per heavy atom. The van der Waals surface area contributed by atoms with E-state index in [1.54, 1.807) is 0 Å². The van der Waals surface area contributed by atoms with Gasteiger partial charge in [0.1, 0.15) is 0 Å². The number of carbonyl (C=O) groups excluding carboxylic acids is 1. The Labute approximate surface area is 133 Å². The first-order valence-corrected chi connectivity index (χ1v) is 6.93. The van der Waals surface area contributed by atoms with Crippen molar-refractivity contribution in [3.63, 3.8) is 0 Å². The molecule has 5 nitrogen and oxygen atoms in total. The third-order valence-corrected chi connectivity index (χ3v) is 2.64. The summed E-state index contributed by atoms with van der Waals surface area (Å²) in [6.45, 7) is 8.33. The van der Waals surface area contributed by atoms with E-state index in [0.717, 1.165) is 25.0 Å². The molecule has 112 valence electrons. The van der Waals surface area contributed by atoms with E-state index in [9.17, 15) is 4.79 Å². The van der Waals surface area contributed by atoms with E-state index in [1.165, 1.54) is 12.8 Å². The number of nitrogens with one attached hydrogen (secondary N) is 3. The molecule has 0 heterocycles. The highest BCUT2D eigenvalue weighted by molar-refractivity contribution is 14.0. The molecule has 0 radical (unpaired) electrons. The molecule has 0 saturated heterocycles. The maximum absolute atomic E-state index is 11.5. The molecule has 0 atom stereocenters. The number of amides is 1. The Balaban J connectivity index is 0.00000324. The van der Waals surface area contributed by atoms with Gasteiger partial charge in [0.25, 0.3) is 0 Å². The largest absolute Gasteiger partial charge is 0.357 e. The van der Waals surface area contributed by atoms with Crippen LogP contribution in [-0.2, 0) is 4.79 Å². The molecule has 6 heteroatoms. The van der Waals surface area contributed by atoms with E-state index >= 15 is 0 Å². The Kier molecular flexibility index (Phi) is 9.99. The zero-order chi connectivity index (χ0) is 13.4. The van der Waals surface area contributed by atoms with Crippen LogP contribution in [0.2, 0.25) is 0 Å². The van der Waals surface area contributed by atoms with Gasteiger partial charge in [-0.3, -0.25) is 9.79 Å². The second-order valence-electron chi connectivity index (χ2n) is 5.06. The van der Waals surface area contributed by atoms with E-state index in [-0.39, 0.29) is 35.9 Å². The lowest BCUT2D eigenvalue weighted by Gasteiger charge is -2.12. The molecule has 1 saturated carbocycles. The minimum Gasteiger partial charge on any atom is -0.357 e. The van der Waals surface area contributed by atoms with Gasteiger partial charge in [0.15, 0.2) is 5.96 Å². The van der Waals surface area contributed by atoms with Gasteiger partial charge in [-0.1, -0.05) is 0 Å². The van der Waals surface area contributed by atoms with Crippen molar-refractivity contribution >= 4 is 35.8 Å². The molecule has 1 aliphatic rings. The SMILES string of the molecule is CCNC(=NCC1CC1)NCCC(=O)NC(C)C.I. The second kappa shape index (κ2) is 10.3. The van der Waals surface area contributed by atoms with Gasteiger partial charge >= 0.3 is 0 Å². The van der Waals surface area contributed by atoms with E-state index in [2.05, 4.69) is 20.9 Å². The fraction of sp³-hybridized carbons (Fsp3) is 0.846. The molecular weight excluding hydrogens is 355 g/mol. The number of carbonyl (C=O) groups is 1. The monoisotopic (exact) mass is 382 g/mol. The van der Waals surface area contributed by atoms with Gasteiger partial charge in [0, 0.05) is 32.1 Å². The lowest BCUT2D eigenvalue weighted by molar-refractivity contribution is -0.121.